The molecule has 0 aromatic heterocycles. The highest BCUT2D eigenvalue weighted by Crippen LogP contribution is 2.28. The number of rotatable bonds is 2. The molecule has 0 saturated heterocycles. The number of primary sulfonamides is 1. The Morgan fingerprint density at radius 3 is 2.31 bits per heavy atom. The molecule has 0 radical (unpaired) electrons. The van der Waals surface area contributed by atoms with Crippen molar-refractivity contribution in [1.29, 1.82) is 0 Å². The highest BCUT2D eigenvalue weighted by atomic mass is 32.2. The van der Waals surface area contributed by atoms with E-state index in [4.69, 9.17) is 5.14 Å². The zero-order valence-corrected chi connectivity index (χ0v) is 9.23. The monoisotopic (exact) mass is 273 g/mol. The van der Waals surface area contributed by atoms with Crippen LogP contribution in [0, 0.1) is 0 Å². The van der Waals surface area contributed by atoms with Crippen LogP contribution in [0.3, 0.4) is 0 Å². The van der Waals surface area contributed by atoms with Gasteiger partial charge in [0, 0.05) is 11.0 Å². The number of hydrogen-bond acceptors (Lipinski definition) is 4. The average molecular weight is 273 g/mol. The predicted molar refractivity (Wildman–Crippen MR) is 51.8 cm³/mol. The van der Waals surface area contributed by atoms with Gasteiger partial charge in [0.2, 0.25) is 10.0 Å². The van der Waals surface area contributed by atoms with Crippen LogP contribution >= 0.6 is 12.6 Å². The summed E-state index contributed by atoms with van der Waals surface area (Å²) in [6, 6.07) is 2.64. The molecule has 1 rings (SSSR count). The third-order valence-corrected chi connectivity index (χ3v) is 2.96. The molecule has 9 heteroatoms. The van der Waals surface area contributed by atoms with Crippen molar-refractivity contribution in [2.24, 2.45) is 5.14 Å². The van der Waals surface area contributed by atoms with E-state index in [0.29, 0.717) is 6.07 Å². The molecule has 0 aliphatic heterocycles. The minimum atomic E-state index is -4.90. The Kier molecular flexibility index (Phi) is 3.41. The molecule has 4 nitrogen and oxygen atoms in total. The molecule has 0 fully saturated rings. The Hall–Kier alpha value is -0.930. The van der Waals surface area contributed by atoms with Gasteiger partial charge in [0.15, 0.2) is 0 Å². The Bertz CT molecular complexity index is 498. The van der Waals surface area contributed by atoms with Crippen LogP contribution < -0.4 is 9.88 Å². The molecule has 0 unspecified atom stereocenters. The fourth-order valence-corrected chi connectivity index (χ4v) is 2.08. The van der Waals surface area contributed by atoms with Gasteiger partial charge in [0.05, 0.1) is 4.90 Å². The fraction of sp³-hybridized carbons (Fsp3) is 0.143. The van der Waals surface area contributed by atoms with Crippen molar-refractivity contribution in [2.75, 3.05) is 0 Å². The van der Waals surface area contributed by atoms with Crippen LogP contribution in [-0.4, -0.2) is 14.8 Å². The van der Waals surface area contributed by atoms with Gasteiger partial charge in [-0.2, -0.15) is 0 Å². The van der Waals surface area contributed by atoms with Crippen LogP contribution in [0.4, 0.5) is 13.2 Å². The maximum atomic E-state index is 11.8. The largest absolute Gasteiger partial charge is 0.573 e. The maximum absolute atomic E-state index is 11.8. The summed E-state index contributed by atoms with van der Waals surface area (Å²) in [5.74, 6) is -0.672. The molecule has 0 bridgehead atoms. The molecule has 0 atom stereocenters. The number of ether oxygens (including phenoxy) is 1. The number of nitrogens with two attached hydrogens (primary N) is 1. The van der Waals surface area contributed by atoms with Crippen molar-refractivity contribution in [1.82, 2.24) is 0 Å². The molecule has 1 aromatic rings. The second-order valence-electron chi connectivity index (χ2n) is 2.72. The number of alkyl halides is 3. The second-order valence-corrected chi connectivity index (χ2v) is 4.73. The smallest absolute Gasteiger partial charge is 0.406 e. The highest BCUT2D eigenvalue weighted by Gasteiger charge is 2.31. The van der Waals surface area contributed by atoms with Crippen molar-refractivity contribution < 1.29 is 26.3 Å². The van der Waals surface area contributed by atoms with E-state index in [9.17, 15) is 21.6 Å². The summed E-state index contributed by atoms with van der Waals surface area (Å²) in [7, 11) is -4.14. The Morgan fingerprint density at radius 2 is 1.88 bits per heavy atom. The minimum Gasteiger partial charge on any atom is -0.406 e. The summed E-state index contributed by atoms with van der Waals surface area (Å²) in [6.45, 7) is 0. The molecule has 0 aliphatic carbocycles. The number of benzene rings is 1. The number of halogens is 3. The Balaban J connectivity index is 3.19. The van der Waals surface area contributed by atoms with Gasteiger partial charge in [0.1, 0.15) is 5.75 Å². The SMILES string of the molecule is NS(=O)(=O)c1cc(OC(F)(F)F)ccc1S. The third kappa shape index (κ3) is 3.58. The van der Waals surface area contributed by atoms with Crippen LogP contribution in [0.25, 0.3) is 0 Å². The van der Waals surface area contributed by atoms with Gasteiger partial charge in [-0.1, -0.05) is 0 Å². The summed E-state index contributed by atoms with van der Waals surface area (Å²) in [5, 5.41) is 4.78. The molecule has 16 heavy (non-hydrogen) atoms. The van der Waals surface area contributed by atoms with Crippen molar-refractivity contribution in [3.05, 3.63) is 18.2 Å². The maximum Gasteiger partial charge on any atom is 0.573 e. The molecule has 0 saturated carbocycles. The van der Waals surface area contributed by atoms with Gasteiger partial charge in [-0.05, 0) is 12.1 Å². The predicted octanol–water partition coefficient (Wildman–Crippen LogP) is 1.52. The van der Waals surface area contributed by atoms with E-state index >= 15 is 0 Å². The van der Waals surface area contributed by atoms with E-state index in [-0.39, 0.29) is 4.90 Å². The molecule has 1 aromatic carbocycles. The molecule has 0 spiro atoms. The lowest BCUT2D eigenvalue weighted by atomic mass is 10.3. The molecule has 90 valence electrons. The van der Waals surface area contributed by atoms with Gasteiger partial charge >= 0.3 is 6.36 Å². The van der Waals surface area contributed by atoms with Crippen molar-refractivity contribution in [3.63, 3.8) is 0 Å². The lowest BCUT2D eigenvalue weighted by Crippen LogP contribution is -2.18. The first-order valence-electron chi connectivity index (χ1n) is 3.71. The Labute approximate surface area is 94.7 Å². The molecule has 0 heterocycles. The van der Waals surface area contributed by atoms with Crippen molar-refractivity contribution in [3.8, 4) is 5.75 Å². The second kappa shape index (κ2) is 4.15. The van der Waals surface area contributed by atoms with E-state index in [1.54, 1.807) is 0 Å². The first-order chi connectivity index (χ1) is 7.09. The van der Waals surface area contributed by atoms with Gasteiger partial charge in [-0.15, -0.1) is 25.8 Å². The van der Waals surface area contributed by atoms with Crippen LogP contribution in [0.2, 0.25) is 0 Å². The number of sulfonamides is 1. The molecule has 0 amide bonds. The van der Waals surface area contributed by atoms with E-state index < -0.39 is 27.0 Å². The molecule has 2 N–H and O–H groups in total. The third-order valence-electron chi connectivity index (χ3n) is 1.47. The lowest BCUT2D eigenvalue weighted by molar-refractivity contribution is -0.274. The van der Waals surface area contributed by atoms with Crippen molar-refractivity contribution >= 4 is 22.7 Å². The zero-order chi connectivity index (χ0) is 12.6. The van der Waals surface area contributed by atoms with Crippen molar-refractivity contribution in [2.45, 2.75) is 16.2 Å². The van der Waals surface area contributed by atoms with Crippen LogP contribution in [-0.2, 0) is 10.0 Å². The topological polar surface area (TPSA) is 69.4 Å². The Morgan fingerprint density at radius 1 is 1.31 bits per heavy atom. The molecular weight excluding hydrogens is 267 g/mol. The highest BCUT2D eigenvalue weighted by molar-refractivity contribution is 7.90. The van der Waals surface area contributed by atoms with E-state index in [1.807, 2.05) is 0 Å². The summed E-state index contributed by atoms with van der Waals surface area (Å²) in [5.41, 5.74) is 0. The summed E-state index contributed by atoms with van der Waals surface area (Å²) in [4.78, 5) is -0.588. The van der Waals surface area contributed by atoms with Crippen LogP contribution in [0.5, 0.6) is 5.75 Å². The average Bonchev–Trinajstić information content (AvgIpc) is 2.04. The minimum absolute atomic E-state index is 0.0583. The summed E-state index contributed by atoms with van der Waals surface area (Å²) >= 11 is 3.75. The normalized spacial score (nSPS) is 12.6. The first kappa shape index (κ1) is 13.1. The molecule has 0 aliphatic rings. The lowest BCUT2D eigenvalue weighted by Gasteiger charge is -2.10. The number of hydrogen-bond donors (Lipinski definition) is 2. The standard InChI is InChI=1S/C7H6F3NO3S2/c8-7(9,10)14-4-1-2-5(15)6(3-4)16(11,12)13/h1-3,15H,(H2,11,12,13). The van der Waals surface area contributed by atoms with Gasteiger partial charge in [-0.3, -0.25) is 0 Å². The zero-order valence-electron chi connectivity index (χ0n) is 7.52. The van der Waals surface area contributed by atoms with E-state index in [1.165, 1.54) is 0 Å². The van der Waals surface area contributed by atoms with Crippen LogP contribution in [0.1, 0.15) is 0 Å². The van der Waals surface area contributed by atoms with E-state index in [2.05, 4.69) is 17.4 Å². The van der Waals surface area contributed by atoms with Gasteiger partial charge < -0.3 is 4.74 Å². The van der Waals surface area contributed by atoms with E-state index in [0.717, 1.165) is 12.1 Å². The quantitative estimate of drug-likeness (QED) is 0.803. The van der Waals surface area contributed by atoms with Crippen LogP contribution in [0.15, 0.2) is 28.0 Å². The fourth-order valence-electron chi connectivity index (χ4n) is 0.919. The molecular formula is C7H6F3NO3S2. The van der Waals surface area contributed by atoms with Gasteiger partial charge in [0.25, 0.3) is 0 Å². The van der Waals surface area contributed by atoms with Gasteiger partial charge in [-0.25, -0.2) is 13.6 Å². The number of thiol groups is 1. The summed E-state index contributed by atoms with van der Waals surface area (Å²) < 4.78 is 61.0. The summed E-state index contributed by atoms with van der Waals surface area (Å²) in [6.07, 6.45) is -4.90. The first-order valence-corrected chi connectivity index (χ1v) is 5.70.